The van der Waals surface area contributed by atoms with Crippen molar-refractivity contribution in [1.29, 1.82) is 0 Å². The van der Waals surface area contributed by atoms with Gasteiger partial charge in [-0.05, 0) is 27.6 Å². The van der Waals surface area contributed by atoms with Crippen LogP contribution in [0.4, 0.5) is 10.2 Å². The lowest BCUT2D eigenvalue weighted by Crippen LogP contribution is -2.26. The van der Waals surface area contributed by atoms with E-state index in [-0.39, 0.29) is 22.9 Å². The van der Waals surface area contributed by atoms with Crippen molar-refractivity contribution in [1.82, 2.24) is 9.78 Å². The van der Waals surface area contributed by atoms with Gasteiger partial charge in [0.2, 0.25) is 0 Å². The van der Waals surface area contributed by atoms with Crippen LogP contribution in [0.15, 0.2) is 16.7 Å². The molecule has 3 rings (SSSR count). The first kappa shape index (κ1) is 14.3. The molecule has 2 heterocycles. The van der Waals surface area contributed by atoms with Crippen LogP contribution < -0.4 is 9.64 Å². The van der Waals surface area contributed by atoms with Gasteiger partial charge in [-0.15, -0.1) is 0 Å². The van der Waals surface area contributed by atoms with E-state index in [0.29, 0.717) is 15.9 Å². The number of aromatic nitrogens is 2. The molecule has 2 aromatic rings. The van der Waals surface area contributed by atoms with E-state index in [1.165, 1.54) is 12.0 Å². The van der Waals surface area contributed by atoms with Gasteiger partial charge in [-0.3, -0.25) is 14.4 Å². The maximum Gasteiger partial charge on any atom is 0.263 e. The maximum absolute atomic E-state index is 14.4. The number of carbonyl (C=O) groups excluding carboxylic acids is 1. The Hall–Kier alpha value is -1.60. The third-order valence-electron chi connectivity index (χ3n) is 3.37. The van der Waals surface area contributed by atoms with Crippen LogP contribution in [-0.2, 0) is 13.6 Å². The smallest absolute Gasteiger partial charge is 0.263 e. The number of hydrogen-bond acceptors (Lipinski definition) is 3. The summed E-state index contributed by atoms with van der Waals surface area (Å²) in [4.78, 5) is 14.0. The van der Waals surface area contributed by atoms with E-state index in [1.54, 1.807) is 24.0 Å². The van der Waals surface area contributed by atoms with E-state index in [0.717, 1.165) is 0 Å². The zero-order chi connectivity index (χ0) is 15.3. The Bertz CT molecular complexity index is 743. The highest BCUT2D eigenvalue weighted by Gasteiger charge is 2.36. The average molecular weight is 375 g/mol. The van der Waals surface area contributed by atoms with Crippen LogP contribution in [0.2, 0.25) is 5.02 Å². The van der Waals surface area contributed by atoms with Crippen LogP contribution in [-0.4, -0.2) is 22.8 Å². The Morgan fingerprint density at radius 1 is 1.52 bits per heavy atom. The Morgan fingerprint density at radius 3 is 2.81 bits per heavy atom. The van der Waals surface area contributed by atoms with Gasteiger partial charge in [0.15, 0.2) is 11.6 Å². The highest BCUT2D eigenvalue weighted by molar-refractivity contribution is 9.10. The molecule has 1 aromatic carbocycles. The molecule has 8 heteroatoms. The molecule has 0 spiro atoms. The molecule has 1 amide bonds. The maximum atomic E-state index is 14.4. The monoisotopic (exact) mass is 373 g/mol. The van der Waals surface area contributed by atoms with Crippen LogP contribution in [0.1, 0.15) is 15.9 Å². The second-order valence-corrected chi connectivity index (χ2v) is 5.83. The summed E-state index contributed by atoms with van der Waals surface area (Å²) >= 11 is 9.31. The molecule has 110 valence electrons. The predicted molar refractivity (Wildman–Crippen MR) is 79.4 cm³/mol. The number of carbonyl (C=O) groups is 1. The fraction of sp³-hybridized carbons (Fsp3) is 0.231. The van der Waals surface area contributed by atoms with E-state index in [1.807, 2.05) is 0 Å². The summed E-state index contributed by atoms with van der Waals surface area (Å²) in [6, 6.07) is 1.56. The van der Waals surface area contributed by atoms with Crippen LogP contribution in [0.5, 0.6) is 5.75 Å². The van der Waals surface area contributed by atoms with Gasteiger partial charge in [0.05, 0.1) is 34.9 Å². The third kappa shape index (κ3) is 2.03. The van der Waals surface area contributed by atoms with Gasteiger partial charge < -0.3 is 4.74 Å². The van der Waals surface area contributed by atoms with E-state index in [4.69, 9.17) is 16.3 Å². The molecule has 0 bridgehead atoms. The number of halogens is 3. The number of aryl methyl sites for hydroxylation is 1. The molecular formula is C13H10BrClFN3O2. The number of rotatable bonds is 2. The fourth-order valence-corrected chi connectivity index (χ4v) is 3.30. The van der Waals surface area contributed by atoms with Gasteiger partial charge in [0.25, 0.3) is 5.91 Å². The topological polar surface area (TPSA) is 47.4 Å². The minimum atomic E-state index is -0.731. The molecule has 0 saturated carbocycles. The van der Waals surface area contributed by atoms with Crippen molar-refractivity contribution in [2.75, 3.05) is 12.0 Å². The number of anilines is 1. The molecule has 1 aliphatic rings. The van der Waals surface area contributed by atoms with E-state index in [2.05, 4.69) is 21.0 Å². The van der Waals surface area contributed by atoms with Gasteiger partial charge in [0, 0.05) is 7.05 Å². The molecule has 0 fully saturated rings. The summed E-state index contributed by atoms with van der Waals surface area (Å²) in [7, 11) is 3.02. The van der Waals surface area contributed by atoms with Crippen LogP contribution in [0, 0.1) is 5.82 Å². The summed E-state index contributed by atoms with van der Waals surface area (Å²) in [6.45, 7) is 0.229. The Morgan fingerprint density at radius 2 is 2.24 bits per heavy atom. The van der Waals surface area contributed by atoms with Gasteiger partial charge in [-0.1, -0.05) is 11.6 Å². The first-order valence-electron chi connectivity index (χ1n) is 6.00. The number of ether oxygens (including phenoxy) is 1. The third-order valence-corrected chi connectivity index (χ3v) is 4.21. The molecule has 0 N–H and O–H groups in total. The van der Waals surface area contributed by atoms with E-state index >= 15 is 0 Å². The van der Waals surface area contributed by atoms with Crippen molar-refractivity contribution in [3.63, 3.8) is 0 Å². The Kier molecular flexibility index (Phi) is 3.41. The molecule has 0 radical (unpaired) electrons. The Labute approximate surface area is 133 Å². The summed E-state index contributed by atoms with van der Waals surface area (Å²) < 4.78 is 21.5. The SMILES string of the molecule is COc1c(Cl)cc2c(c1F)C(=O)N(c1c(Br)cnn1C)C2. The number of nitrogens with zero attached hydrogens (tertiary/aromatic N) is 3. The zero-order valence-corrected chi connectivity index (χ0v) is 13.5. The van der Waals surface area contributed by atoms with Crippen LogP contribution in [0.3, 0.4) is 0 Å². The summed E-state index contributed by atoms with van der Waals surface area (Å²) in [5.41, 5.74) is 0.515. The normalized spacial score (nSPS) is 13.8. The lowest BCUT2D eigenvalue weighted by molar-refractivity contribution is 0.0991. The van der Waals surface area contributed by atoms with Crippen molar-refractivity contribution in [3.8, 4) is 5.75 Å². The molecule has 21 heavy (non-hydrogen) atoms. The van der Waals surface area contributed by atoms with Gasteiger partial charge in [-0.25, -0.2) is 4.39 Å². The average Bonchev–Trinajstić information content (AvgIpc) is 2.91. The van der Waals surface area contributed by atoms with E-state index in [9.17, 15) is 9.18 Å². The number of fused-ring (bicyclic) bond motifs is 1. The molecule has 1 aromatic heterocycles. The number of methoxy groups -OCH3 is 1. The zero-order valence-electron chi connectivity index (χ0n) is 11.2. The lowest BCUT2D eigenvalue weighted by atomic mass is 10.1. The van der Waals surface area contributed by atoms with Crippen molar-refractivity contribution < 1.29 is 13.9 Å². The molecule has 0 saturated heterocycles. The predicted octanol–water partition coefficient (Wildman–Crippen LogP) is 3.14. The minimum Gasteiger partial charge on any atom is -0.492 e. The number of benzene rings is 1. The van der Waals surface area contributed by atoms with Gasteiger partial charge >= 0.3 is 0 Å². The summed E-state index contributed by atoms with van der Waals surface area (Å²) in [5.74, 6) is -0.729. The number of amides is 1. The molecule has 1 aliphatic heterocycles. The highest BCUT2D eigenvalue weighted by Crippen LogP contribution is 2.39. The number of hydrogen-bond donors (Lipinski definition) is 0. The minimum absolute atomic E-state index is 0.00986. The first-order valence-corrected chi connectivity index (χ1v) is 7.17. The van der Waals surface area contributed by atoms with Crippen molar-refractivity contribution >= 4 is 39.3 Å². The molecule has 0 atom stereocenters. The Balaban J connectivity index is 2.14. The van der Waals surface area contributed by atoms with Crippen molar-refractivity contribution in [3.05, 3.63) is 38.7 Å². The lowest BCUT2D eigenvalue weighted by Gasteiger charge is -2.16. The highest BCUT2D eigenvalue weighted by atomic mass is 79.9. The second-order valence-electron chi connectivity index (χ2n) is 4.57. The van der Waals surface area contributed by atoms with Gasteiger partial charge in [0.1, 0.15) is 5.82 Å². The van der Waals surface area contributed by atoms with Crippen LogP contribution >= 0.6 is 27.5 Å². The van der Waals surface area contributed by atoms with E-state index < -0.39 is 11.7 Å². The molecule has 0 unspecified atom stereocenters. The van der Waals surface area contributed by atoms with Gasteiger partial charge in [-0.2, -0.15) is 5.10 Å². The molecule has 5 nitrogen and oxygen atoms in total. The van der Waals surface area contributed by atoms with Crippen molar-refractivity contribution in [2.24, 2.45) is 7.05 Å². The summed E-state index contributed by atoms with van der Waals surface area (Å²) in [6.07, 6.45) is 1.58. The fourth-order valence-electron chi connectivity index (χ4n) is 2.45. The van der Waals surface area contributed by atoms with Crippen molar-refractivity contribution in [2.45, 2.75) is 6.54 Å². The van der Waals surface area contributed by atoms with Crippen LogP contribution in [0.25, 0.3) is 0 Å². The first-order chi connectivity index (χ1) is 9.95. The largest absolute Gasteiger partial charge is 0.492 e. The second kappa shape index (κ2) is 4.99. The molecule has 0 aliphatic carbocycles. The summed E-state index contributed by atoms with van der Waals surface area (Å²) in [5, 5.41) is 4.21. The molecular weight excluding hydrogens is 365 g/mol. The quantitative estimate of drug-likeness (QED) is 0.811. The standard InChI is InChI=1S/C13H10BrClFN3O2/c1-18-12(7(14)4-17-18)19-5-6-3-8(15)11(21-2)10(16)9(6)13(19)20/h3-4H,5H2,1-2H3.